The molecule has 1 aromatic heterocycles. The number of nitrogens with one attached hydrogen (secondary N) is 1. The van der Waals surface area contributed by atoms with Crippen LogP contribution in [0.4, 0.5) is 19.0 Å². The van der Waals surface area contributed by atoms with E-state index < -0.39 is 11.9 Å². The number of hydrogen-bond acceptors (Lipinski definition) is 4. The number of H-pyrrole nitrogens is 1. The maximum absolute atomic E-state index is 12.8. The van der Waals surface area contributed by atoms with Crippen LogP contribution in [0.25, 0.3) is 0 Å². The van der Waals surface area contributed by atoms with Crippen molar-refractivity contribution >= 4 is 5.82 Å². The molecular formula is C12H17F3N4O. The Kier molecular flexibility index (Phi) is 3.07. The first-order chi connectivity index (χ1) is 9.38. The van der Waals surface area contributed by atoms with E-state index in [0.717, 1.165) is 13.1 Å². The second-order valence-electron chi connectivity index (χ2n) is 5.50. The van der Waals surface area contributed by atoms with Crippen molar-refractivity contribution in [1.29, 1.82) is 0 Å². The number of alkyl halides is 3. The van der Waals surface area contributed by atoms with Crippen LogP contribution < -0.4 is 9.64 Å². The summed E-state index contributed by atoms with van der Waals surface area (Å²) in [4.78, 5) is 4.22. The molecule has 2 aliphatic heterocycles. The first-order valence-electron chi connectivity index (χ1n) is 6.67. The number of fused-ring (bicyclic) bond motifs is 3. The molecule has 3 heterocycles. The minimum atomic E-state index is -4.47. The van der Waals surface area contributed by atoms with Crippen molar-refractivity contribution in [3.05, 3.63) is 5.69 Å². The third-order valence-corrected chi connectivity index (χ3v) is 3.92. The first-order valence-corrected chi connectivity index (χ1v) is 6.67. The predicted molar refractivity (Wildman–Crippen MR) is 66.9 cm³/mol. The number of rotatable bonds is 1. The normalized spacial score (nSPS) is 23.5. The highest BCUT2D eigenvalue weighted by molar-refractivity contribution is 5.58. The van der Waals surface area contributed by atoms with E-state index in [4.69, 9.17) is 4.74 Å². The second-order valence-corrected chi connectivity index (χ2v) is 5.50. The van der Waals surface area contributed by atoms with Crippen LogP contribution in [0.1, 0.15) is 19.5 Å². The van der Waals surface area contributed by atoms with Gasteiger partial charge in [-0.2, -0.15) is 18.3 Å². The van der Waals surface area contributed by atoms with Crippen molar-refractivity contribution in [2.75, 3.05) is 31.1 Å². The minimum Gasteiger partial charge on any atom is -0.485 e. The van der Waals surface area contributed by atoms with Gasteiger partial charge in [-0.3, -0.25) is 10.00 Å². The Morgan fingerprint density at radius 2 is 2.10 bits per heavy atom. The molecule has 1 N–H and O–H groups in total. The Morgan fingerprint density at radius 1 is 1.35 bits per heavy atom. The van der Waals surface area contributed by atoms with E-state index in [2.05, 4.69) is 28.9 Å². The highest BCUT2D eigenvalue weighted by Gasteiger charge is 2.43. The fraction of sp³-hybridized carbons (Fsp3) is 0.750. The molecule has 2 aliphatic rings. The van der Waals surface area contributed by atoms with Crippen molar-refractivity contribution in [3.8, 4) is 5.75 Å². The van der Waals surface area contributed by atoms with E-state index in [1.807, 2.05) is 4.90 Å². The van der Waals surface area contributed by atoms with Gasteiger partial charge < -0.3 is 9.64 Å². The SMILES string of the molecule is CC(C)N1CCN2c3n[nH]c(C(F)(F)F)c3OCC2C1. The van der Waals surface area contributed by atoms with Gasteiger partial charge in [-0.1, -0.05) is 0 Å². The zero-order valence-corrected chi connectivity index (χ0v) is 11.4. The van der Waals surface area contributed by atoms with Crippen LogP contribution in [0.15, 0.2) is 0 Å². The van der Waals surface area contributed by atoms with Crippen molar-refractivity contribution in [1.82, 2.24) is 15.1 Å². The number of aromatic nitrogens is 2. The van der Waals surface area contributed by atoms with Gasteiger partial charge in [0.1, 0.15) is 6.61 Å². The van der Waals surface area contributed by atoms with Gasteiger partial charge in [0.25, 0.3) is 0 Å². The van der Waals surface area contributed by atoms with Gasteiger partial charge in [-0.25, -0.2) is 0 Å². The van der Waals surface area contributed by atoms with Gasteiger partial charge in [0.05, 0.1) is 6.04 Å². The Hall–Kier alpha value is -1.44. The highest BCUT2D eigenvalue weighted by atomic mass is 19.4. The number of nitrogens with zero attached hydrogens (tertiary/aromatic N) is 3. The quantitative estimate of drug-likeness (QED) is 0.855. The topological polar surface area (TPSA) is 44.4 Å². The Bertz CT molecular complexity index is 499. The molecule has 1 saturated heterocycles. The molecule has 0 aliphatic carbocycles. The van der Waals surface area contributed by atoms with E-state index in [9.17, 15) is 13.2 Å². The summed E-state index contributed by atoms with van der Waals surface area (Å²) < 4.78 is 43.8. The molecule has 0 radical (unpaired) electrons. The van der Waals surface area contributed by atoms with Gasteiger partial charge in [-0.15, -0.1) is 0 Å². The maximum atomic E-state index is 12.8. The fourth-order valence-corrected chi connectivity index (χ4v) is 2.80. The molecule has 0 saturated carbocycles. The molecule has 3 rings (SSSR count). The van der Waals surface area contributed by atoms with Crippen molar-refractivity contribution < 1.29 is 17.9 Å². The van der Waals surface area contributed by atoms with Crippen LogP contribution in [-0.2, 0) is 6.18 Å². The number of hydrogen-bond donors (Lipinski definition) is 1. The van der Waals surface area contributed by atoms with Crippen LogP contribution in [0, 0.1) is 0 Å². The maximum Gasteiger partial charge on any atom is 0.436 e. The number of aromatic amines is 1. The summed E-state index contributed by atoms with van der Waals surface area (Å²) >= 11 is 0. The van der Waals surface area contributed by atoms with Crippen molar-refractivity contribution in [2.45, 2.75) is 32.1 Å². The Balaban J connectivity index is 1.86. The summed E-state index contributed by atoms with van der Waals surface area (Å²) in [7, 11) is 0. The molecular weight excluding hydrogens is 273 g/mol. The predicted octanol–water partition coefficient (Wildman–Crippen LogP) is 1.72. The Morgan fingerprint density at radius 3 is 2.75 bits per heavy atom. The van der Waals surface area contributed by atoms with Gasteiger partial charge in [-0.05, 0) is 13.8 Å². The molecule has 0 aromatic carbocycles. The van der Waals surface area contributed by atoms with Crippen LogP contribution in [0.3, 0.4) is 0 Å². The van der Waals surface area contributed by atoms with E-state index in [-0.39, 0.29) is 24.2 Å². The minimum absolute atomic E-state index is 0.0584. The van der Waals surface area contributed by atoms with Gasteiger partial charge >= 0.3 is 6.18 Å². The average molecular weight is 290 g/mol. The fourth-order valence-electron chi connectivity index (χ4n) is 2.80. The molecule has 8 heteroatoms. The van der Waals surface area contributed by atoms with Gasteiger partial charge in [0, 0.05) is 25.7 Å². The summed E-state index contributed by atoms with van der Waals surface area (Å²) in [5.74, 6) is 0.128. The van der Waals surface area contributed by atoms with Gasteiger partial charge in [0.2, 0.25) is 0 Å². The van der Waals surface area contributed by atoms with Crippen LogP contribution in [0.5, 0.6) is 5.75 Å². The molecule has 112 valence electrons. The zero-order valence-electron chi connectivity index (χ0n) is 11.4. The molecule has 1 aromatic rings. The molecule has 1 unspecified atom stereocenters. The number of halogens is 3. The van der Waals surface area contributed by atoms with Crippen LogP contribution >= 0.6 is 0 Å². The molecule has 1 fully saturated rings. The van der Waals surface area contributed by atoms with E-state index in [1.54, 1.807) is 0 Å². The van der Waals surface area contributed by atoms with Crippen LogP contribution in [-0.4, -0.2) is 53.4 Å². The zero-order chi connectivity index (χ0) is 14.5. The third kappa shape index (κ3) is 2.11. The molecule has 0 bridgehead atoms. The van der Waals surface area contributed by atoms with Crippen molar-refractivity contribution in [3.63, 3.8) is 0 Å². The first kappa shape index (κ1) is 13.5. The lowest BCUT2D eigenvalue weighted by Gasteiger charge is -2.45. The Labute approximate surface area is 114 Å². The van der Waals surface area contributed by atoms with E-state index >= 15 is 0 Å². The summed E-state index contributed by atoms with van der Waals surface area (Å²) in [6.45, 7) is 6.76. The van der Waals surface area contributed by atoms with Crippen molar-refractivity contribution in [2.24, 2.45) is 0 Å². The molecule has 5 nitrogen and oxygen atoms in total. The van der Waals surface area contributed by atoms with E-state index in [0.29, 0.717) is 12.6 Å². The summed E-state index contributed by atoms with van der Waals surface area (Å²) in [5, 5.41) is 5.88. The number of ether oxygens (including phenoxy) is 1. The number of anilines is 1. The second kappa shape index (κ2) is 4.54. The lowest BCUT2D eigenvalue weighted by atomic mass is 10.1. The number of piperazine rings is 1. The van der Waals surface area contributed by atoms with Crippen LogP contribution in [0.2, 0.25) is 0 Å². The monoisotopic (exact) mass is 290 g/mol. The molecule has 1 atom stereocenters. The largest absolute Gasteiger partial charge is 0.485 e. The summed E-state index contributed by atoms with van der Waals surface area (Å²) in [6, 6.07) is 0.478. The summed E-state index contributed by atoms with van der Waals surface area (Å²) in [6.07, 6.45) is -4.47. The molecule has 0 amide bonds. The lowest BCUT2D eigenvalue weighted by molar-refractivity contribution is -0.142. The molecule has 0 spiro atoms. The average Bonchev–Trinajstić information content (AvgIpc) is 2.81. The third-order valence-electron chi connectivity index (χ3n) is 3.92. The smallest absolute Gasteiger partial charge is 0.436 e. The highest BCUT2D eigenvalue weighted by Crippen LogP contribution is 2.43. The van der Waals surface area contributed by atoms with Gasteiger partial charge in [0.15, 0.2) is 17.3 Å². The standard InChI is InChI=1S/C12H17F3N4O/c1-7(2)18-3-4-19-8(5-18)6-20-9-10(12(13,14)15)16-17-11(9)19/h7-8H,3-6H2,1-2H3,(H,16,17). The van der Waals surface area contributed by atoms with E-state index in [1.165, 1.54) is 0 Å². The summed E-state index contributed by atoms with van der Waals surface area (Å²) in [5.41, 5.74) is -0.891. The molecule has 20 heavy (non-hydrogen) atoms. The lowest BCUT2D eigenvalue weighted by Crippen LogP contribution is -2.58.